The number of rotatable bonds is 10. The highest BCUT2D eigenvalue weighted by molar-refractivity contribution is 6.22. The molecule has 2 aromatic rings. The number of carbonyl (C=O) groups is 3. The molecule has 0 fully saturated rings. The van der Waals surface area contributed by atoms with E-state index < -0.39 is 0 Å². The van der Waals surface area contributed by atoms with Crippen molar-refractivity contribution in [3.8, 4) is 11.1 Å². The van der Waals surface area contributed by atoms with Crippen molar-refractivity contribution in [3.63, 3.8) is 0 Å². The Hall–Kier alpha value is -3.03. The predicted octanol–water partition coefficient (Wildman–Crippen LogP) is 3.55. The first-order valence-corrected chi connectivity index (χ1v) is 11.1. The van der Waals surface area contributed by atoms with Crippen LogP contribution in [0.3, 0.4) is 0 Å². The maximum atomic E-state index is 13.0. The summed E-state index contributed by atoms with van der Waals surface area (Å²) >= 11 is 0. The van der Waals surface area contributed by atoms with Gasteiger partial charge in [0.25, 0.3) is 0 Å². The molecule has 1 aliphatic rings. The molecule has 7 nitrogen and oxygen atoms in total. The van der Waals surface area contributed by atoms with Gasteiger partial charge in [0.05, 0.1) is 0 Å². The molecule has 0 aromatic heterocycles. The van der Waals surface area contributed by atoms with Crippen LogP contribution in [0.4, 0.5) is 11.4 Å². The molecule has 32 heavy (non-hydrogen) atoms. The number of nitrogens with one attached hydrogen (secondary N) is 4. The first kappa shape index (κ1) is 23.6. The normalized spacial score (nSPS) is 12.1. The van der Waals surface area contributed by atoms with Crippen molar-refractivity contribution in [2.45, 2.75) is 52.6 Å². The van der Waals surface area contributed by atoms with Crippen molar-refractivity contribution in [1.82, 2.24) is 10.6 Å². The molecule has 170 valence electrons. The summed E-state index contributed by atoms with van der Waals surface area (Å²) in [7, 11) is 0. The van der Waals surface area contributed by atoms with Gasteiger partial charge in [0, 0.05) is 60.5 Å². The summed E-state index contributed by atoms with van der Waals surface area (Å²) in [6.45, 7) is 9.32. The highest BCUT2D eigenvalue weighted by Gasteiger charge is 2.27. The summed E-state index contributed by atoms with van der Waals surface area (Å²) in [6.07, 6.45) is 0.721. The molecule has 0 saturated heterocycles. The van der Waals surface area contributed by atoms with Crippen molar-refractivity contribution in [1.29, 1.82) is 0 Å². The number of ketones is 1. The van der Waals surface area contributed by atoms with E-state index in [1.165, 1.54) is 0 Å². The molecule has 0 atom stereocenters. The molecule has 2 aromatic carbocycles. The van der Waals surface area contributed by atoms with Crippen LogP contribution in [0.1, 0.15) is 56.5 Å². The van der Waals surface area contributed by atoms with Gasteiger partial charge < -0.3 is 21.3 Å². The largest absolute Gasteiger partial charge is 0.326 e. The van der Waals surface area contributed by atoms with Crippen molar-refractivity contribution in [2.75, 3.05) is 23.7 Å². The number of fused-ring (bicyclic) bond motifs is 3. The molecular weight excluding hydrogens is 404 g/mol. The lowest BCUT2D eigenvalue weighted by Crippen LogP contribution is -2.27. The smallest absolute Gasteiger partial charge is 0.225 e. The van der Waals surface area contributed by atoms with Crippen LogP contribution in [0, 0.1) is 0 Å². The molecule has 0 radical (unpaired) electrons. The van der Waals surface area contributed by atoms with Crippen LogP contribution in [-0.4, -0.2) is 42.8 Å². The van der Waals surface area contributed by atoms with Crippen molar-refractivity contribution in [3.05, 3.63) is 47.5 Å². The van der Waals surface area contributed by atoms with Crippen molar-refractivity contribution >= 4 is 29.0 Å². The number of amides is 2. The van der Waals surface area contributed by atoms with Crippen molar-refractivity contribution in [2.24, 2.45) is 0 Å². The van der Waals surface area contributed by atoms with Crippen LogP contribution in [0.5, 0.6) is 0 Å². The third-order valence-corrected chi connectivity index (χ3v) is 5.20. The molecule has 4 N–H and O–H groups in total. The van der Waals surface area contributed by atoms with Crippen LogP contribution < -0.4 is 21.3 Å². The second kappa shape index (κ2) is 10.5. The predicted molar refractivity (Wildman–Crippen MR) is 128 cm³/mol. The van der Waals surface area contributed by atoms with E-state index in [0.717, 1.165) is 11.1 Å². The minimum atomic E-state index is -0.106. The second-order valence-corrected chi connectivity index (χ2v) is 8.66. The Kier molecular flexibility index (Phi) is 7.77. The summed E-state index contributed by atoms with van der Waals surface area (Å²) in [5.41, 5.74) is 3.99. The maximum Gasteiger partial charge on any atom is 0.225 e. The maximum absolute atomic E-state index is 13.0. The number of anilines is 2. The summed E-state index contributed by atoms with van der Waals surface area (Å²) < 4.78 is 0. The van der Waals surface area contributed by atoms with Gasteiger partial charge in [-0.25, -0.2) is 0 Å². The highest BCUT2D eigenvalue weighted by Crippen LogP contribution is 2.39. The fourth-order valence-electron chi connectivity index (χ4n) is 3.63. The Labute approximate surface area is 189 Å². The van der Waals surface area contributed by atoms with Crippen LogP contribution in [0.15, 0.2) is 36.4 Å². The number of hydrogen-bond donors (Lipinski definition) is 4. The summed E-state index contributed by atoms with van der Waals surface area (Å²) in [5.74, 6) is -0.304. The van der Waals surface area contributed by atoms with Crippen LogP contribution in [0.25, 0.3) is 11.1 Å². The Morgan fingerprint density at radius 2 is 1.09 bits per heavy atom. The van der Waals surface area contributed by atoms with E-state index in [1.54, 1.807) is 12.1 Å². The fourth-order valence-corrected chi connectivity index (χ4v) is 3.63. The van der Waals surface area contributed by atoms with E-state index in [-0.39, 0.29) is 17.6 Å². The molecule has 3 rings (SSSR count). The summed E-state index contributed by atoms with van der Waals surface area (Å²) in [4.78, 5) is 37.4. The summed E-state index contributed by atoms with van der Waals surface area (Å²) in [6, 6.07) is 11.4. The fraction of sp³-hybridized carbons (Fsp3) is 0.400. The Bertz CT molecular complexity index is 935. The Morgan fingerprint density at radius 3 is 1.47 bits per heavy atom. The van der Waals surface area contributed by atoms with E-state index in [0.29, 0.717) is 60.5 Å². The lowest BCUT2D eigenvalue weighted by Gasteiger charge is -2.10. The molecular formula is C25H32N4O3. The first-order valence-electron chi connectivity index (χ1n) is 11.1. The number of hydrogen-bond acceptors (Lipinski definition) is 5. The van der Waals surface area contributed by atoms with Gasteiger partial charge >= 0.3 is 0 Å². The van der Waals surface area contributed by atoms with Gasteiger partial charge in [-0.05, 0) is 35.4 Å². The van der Waals surface area contributed by atoms with Gasteiger partial charge in [-0.2, -0.15) is 0 Å². The van der Waals surface area contributed by atoms with E-state index >= 15 is 0 Å². The van der Waals surface area contributed by atoms with E-state index in [2.05, 4.69) is 21.3 Å². The number of carbonyl (C=O) groups excluding carboxylic acids is 3. The molecule has 0 unspecified atom stereocenters. The first-order chi connectivity index (χ1) is 15.2. The Morgan fingerprint density at radius 1 is 0.688 bits per heavy atom. The van der Waals surface area contributed by atoms with E-state index in [9.17, 15) is 14.4 Å². The lowest BCUT2D eigenvalue weighted by atomic mass is 10.0. The van der Waals surface area contributed by atoms with Crippen LogP contribution in [0.2, 0.25) is 0 Å². The van der Waals surface area contributed by atoms with Gasteiger partial charge in [0.15, 0.2) is 5.78 Å². The minimum absolute atomic E-state index is 0.0991. The van der Waals surface area contributed by atoms with Gasteiger partial charge in [0.2, 0.25) is 11.8 Å². The van der Waals surface area contributed by atoms with Gasteiger partial charge in [-0.1, -0.05) is 39.8 Å². The molecule has 2 amide bonds. The molecule has 0 aliphatic heterocycles. The third kappa shape index (κ3) is 6.02. The molecule has 1 aliphatic carbocycles. The topological polar surface area (TPSA) is 99.3 Å². The molecule has 0 saturated carbocycles. The van der Waals surface area contributed by atoms with E-state index in [1.807, 2.05) is 52.0 Å². The third-order valence-electron chi connectivity index (χ3n) is 5.20. The van der Waals surface area contributed by atoms with E-state index in [4.69, 9.17) is 0 Å². The average Bonchev–Trinajstić information content (AvgIpc) is 2.99. The molecule has 0 bridgehead atoms. The van der Waals surface area contributed by atoms with Gasteiger partial charge in [0.1, 0.15) is 0 Å². The quantitative estimate of drug-likeness (QED) is 0.390. The average molecular weight is 437 g/mol. The number of benzene rings is 2. The summed E-state index contributed by atoms with van der Waals surface area (Å²) in [5, 5.41) is 12.1. The zero-order valence-corrected chi connectivity index (χ0v) is 19.2. The van der Waals surface area contributed by atoms with Gasteiger partial charge in [-0.15, -0.1) is 0 Å². The van der Waals surface area contributed by atoms with Crippen LogP contribution >= 0.6 is 0 Å². The minimum Gasteiger partial charge on any atom is -0.326 e. The lowest BCUT2D eigenvalue weighted by molar-refractivity contribution is -0.117. The monoisotopic (exact) mass is 436 g/mol. The van der Waals surface area contributed by atoms with Crippen LogP contribution in [-0.2, 0) is 9.59 Å². The Balaban J connectivity index is 1.66. The highest BCUT2D eigenvalue weighted by atomic mass is 16.2. The standard InChI is InChI=1S/C25H32N4O3/c1-15(2)26-11-9-23(30)28-17-5-7-19-20-8-6-18(14-22(20)25(32)21(19)13-17)29-24(31)10-12-27-16(3)4/h5-8,13-16,26-27H,9-12H2,1-4H3,(H,28,30)(H,29,31). The van der Waals surface area contributed by atoms with Gasteiger partial charge in [-0.3, -0.25) is 14.4 Å². The molecule has 0 heterocycles. The SMILES string of the molecule is CC(C)NCCC(=O)Nc1ccc2c(c1)C(=O)c1cc(NC(=O)CCNC(C)C)ccc1-2. The van der Waals surface area contributed by atoms with Crippen molar-refractivity contribution < 1.29 is 14.4 Å². The molecule has 0 spiro atoms. The zero-order valence-electron chi connectivity index (χ0n) is 19.2. The zero-order chi connectivity index (χ0) is 23.3. The molecule has 7 heteroatoms. The second-order valence-electron chi connectivity index (χ2n) is 8.66.